The molecule has 0 spiro atoms. The van der Waals surface area contributed by atoms with Crippen molar-refractivity contribution in [3.63, 3.8) is 0 Å². The van der Waals surface area contributed by atoms with Crippen molar-refractivity contribution in [1.29, 1.82) is 0 Å². The number of anilines is 1. The minimum Gasteiger partial charge on any atom is -0.393 e. The summed E-state index contributed by atoms with van der Waals surface area (Å²) in [6, 6.07) is 5.82. The van der Waals surface area contributed by atoms with Gasteiger partial charge in [0.15, 0.2) is 0 Å². The molecule has 0 aromatic carbocycles. The van der Waals surface area contributed by atoms with Gasteiger partial charge < -0.3 is 10.4 Å². The number of hydrogen-bond donors (Lipinski definition) is 2. The summed E-state index contributed by atoms with van der Waals surface area (Å²) in [6.45, 7) is 0.832. The van der Waals surface area contributed by atoms with Crippen molar-refractivity contribution in [1.82, 2.24) is 4.98 Å². The van der Waals surface area contributed by atoms with Crippen LogP contribution >= 0.6 is 0 Å². The first-order valence-corrected chi connectivity index (χ1v) is 5.69. The first kappa shape index (κ1) is 10.4. The van der Waals surface area contributed by atoms with Gasteiger partial charge in [-0.15, -0.1) is 0 Å². The second-order valence-corrected chi connectivity index (χ2v) is 4.21. The summed E-state index contributed by atoms with van der Waals surface area (Å²) in [6.07, 6.45) is 6.14. The largest absolute Gasteiger partial charge is 0.393 e. The normalized spacial score (nSPS) is 26.2. The average Bonchev–Trinajstić information content (AvgIpc) is 2.29. The molecule has 1 aromatic rings. The van der Waals surface area contributed by atoms with E-state index in [1.54, 1.807) is 6.20 Å². The Morgan fingerprint density at radius 2 is 2.20 bits per heavy atom. The number of aromatic nitrogens is 1. The van der Waals surface area contributed by atoms with Crippen LogP contribution in [0.5, 0.6) is 0 Å². The van der Waals surface area contributed by atoms with Crippen molar-refractivity contribution in [2.45, 2.75) is 31.8 Å². The number of hydrogen-bond acceptors (Lipinski definition) is 3. The van der Waals surface area contributed by atoms with Crippen LogP contribution in [0.3, 0.4) is 0 Å². The maximum absolute atomic E-state index is 9.79. The molecule has 0 saturated heterocycles. The van der Waals surface area contributed by atoms with Crippen molar-refractivity contribution in [2.24, 2.45) is 5.92 Å². The standard InChI is InChI=1S/C12H18N2O/c15-11-6-2-1-5-10(11)9-14-12-7-3-4-8-13-12/h3-4,7-8,10-11,15H,1-2,5-6,9H2,(H,13,14). The van der Waals surface area contributed by atoms with Crippen LogP contribution in [0.2, 0.25) is 0 Å². The van der Waals surface area contributed by atoms with E-state index in [0.717, 1.165) is 25.2 Å². The second kappa shape index (κ2) is 5.12. The molecule has 1 aromatic heterocycles. The zero-order chi connectivity index (χ0) is 10.5. The third kappa shape index (κ3) is 2.93. The minimum atomic E-state index is -0.130. The molecule has 0 aliphatic heterocycles. The lowest BCUT2D eigenvalue weighted by atomic mass is 9.86. The first-order valence-electron chi connectivity index (χ1n) is 5.69. The van der Waals surface area contributed by atoms with Crippen molar-refractivity contribution in [3.05, 3.63) is 24.4 Å². The van der Waals surface area contributed by atoms with Crippen LogP contribution in [0.25, 0.3) is 0 Å². The van der Waals surface area contributed by atoms with Crippen LogP contribution in [0.15, 0.2) is 24.4 Å². The number of aliphatic hydroxyl groups is 1. The van der Waals surface area contributed by atoms with Gasteiger partial charge in [-0.3, -0.25) is 0 Å². The Morgan fingerprint density at radius 1 is 1.33 bits per heavy atom. The fraction of sp³-hybridized carbons (Fsp3) is 0.583. The van der Waals surface area contributed by atoms with Crippen molar-refractivity contribution >= 4 is 5.82 Å². The smallest absolute Gasteiger partial charge is 0.125 e. The second-order valence-electron chi connectivity index (χ2n) is 4.21. The number of nitrogens with one attached hydrogen (secondary N) is 1. The van der Waals surface area contributed by atoms with E-state index in [1.807, 2.05) is 18.2 Å². The molecule has 3 nitrogen and oxygen atoms in total. The van der Waals surface area contributed by atoms with E-state index < -0.39 is 0 Å². The molecule has 1 aliphatic rings. The Morgan fingerprint density at radius 3 is 2.93 bits per heavy atom. The molecule has 0 radical (unpaired) electrons. The highest BCUT2D eigenvalue weighted by Crippen LogP contribution is 2.24. The Kier molecular flexibility index (Phi) is 3.56. The van der Waals surface area contributed by atoms with Crippen LogP contribution in [0.1, 0.15) is 25.7 Å². The molecule has 0 amide bonds. The van der Waals surface area contributed by atoms with Gasteiger partial charge in [0.2, 0.25) is 0 Å². The van der Waals surface area contributed by atoms with Gasteiger partial charge >= 0.3 is 0 Å². The molecule has 1 fully saturated rings. The summed E-state index contributed by atoms with van der Waals surface area (Å²) in [7, 11) is 0. The van der Waals surface area contributed by atoms with Gasteiger partial charge in [-0.25, -0.2) is 4.98 Å². The molecule has 0 bridgehead atoms. The van der Waals surface area contributed by atoms with Crippen LogP contribution < -0.4 is 5.32 Å². The summed E-state index contributed by atoms with van der Waals surface area (Å²) in [5.41, 5.74) is 0. The number of nitrogens with zero attached hydrogens (tertiary/aromatic N) is 1. The first-order chi connectivity index (χ1) is 7.36. The number of aliphatic hydroxyl groups excluding tert-OH is 1. The maximum atomic E-state index is 9.79. The van der Waals surface area contributed by atoms with E-state index in [2.05, 4.69) is 10.3 Å². The highest BCUT2D eigenvalue weighted by Gasteiger charge is 2.22. The fourth-order valence-electron chi connectivity index (χ4n) is 2.13. The average molecular weight is 206 g/mol. The Hall–Kier alpha value is -1.09. The SMILES string of the molecule is OC1CCCCC1CNc1ccccn1. The van der Waals surface area contributed by atoms with Gasteiger partial charge in [0.05, 0.1) is 6.10 Å². The summed E-state index contributed by atoms with van der Waals surface area (Å²) in [5, 5.41) is 13.1. The van der Waals surface area contributed by atoms with E-state index in [0.29, 0.717) is 5.92 Å². The lowest BCUT2D eigenvalue weighted by Gasteiger charge is -2.27. The van der Waals surface area contributed by atoms with Crippen LogP contribution in [0, 0.1) is 5.92 Å². The molecule has 1 heterocycles. The third-order valence-corrected chi connectivity index (χ3v) is 3.08. The van der Waals surface area contributed by atoms with Gasteiger partial charge in [-0.05, 0) is 25.0 Å². The Labute approximate surface area is 90.5 Å². The summed E-state index contributed by atoms with van der Waals surface area (Å²) in [5.74, 6) is 1.29. The van der Waals surface area contributed by atoms with E-state index in [1.165, 1.54) is 12.8 Å². The molecular weight excluding hydrogens is 188 g/mol. The molecule has 2 unspecified atom stereocenters. The molecular formula is C12H18N2O. The van der Waals surface area contributed by atoms with Gasteiger partial charge in [-0.1, -0.05) is 18.9 Å². The van der Waals surface area contributed by atoms with E-state index >= 15 is 0 Å². The summed E-state index contributed by atoms with van der Waals surface area (Å²) < 4.78 is 0. The molecule has 15 heavy (non-hydrogen) atoms. The summed E-state index contributed by atoms with van der Waals surface area (Å²) in [4.78, 5) is 4.20. The van der Waals surface area contributed by atoms with Gasteiger partial charge in [0.1, 0.15) is 5.82 Å². The molecule has 1 saturated carbocycles. The maximum Gasteiger partial charge on any atom is 0.125 e. The zero-order valence-electron chi connectivity index (χ0n) is 8.89. The lowest BCUT2D eigenvalue weighted by molar-refractivity contribution is 0.0763. The summed E-state index contributed by atoms with van der Waals surface area (Å²) >= 11 is 0. The van der Waals surface area contributed by atoms with Gasteiger partial charge in [-0.2, -0.15) is 0 Å². The van der Waals surface area contributed by atoms with E-state index in [9.17, 15) is 5.11 Å². The minimum absolute atomic E-state index is 0.130. The van der Waals surface area contributed by atoms with Gasteiger partial charge in [0.25, 0.3) is 0 Å². The van der Waals surface area contributed by atoms with Crippen molar-refractivity contribution in [3.8, 4) is 0 Å². The highest BCUT2D eigenvalue weighted by atomic mass is 16.3. The van der Waals surface area contributed by atoms with Crippen LogP contribution in [-0.2, 0) is 0 Å². The number of pyridine rings is 1. The molecule has 82 valence electrons. The quantitative estimate of drug-likeness (QED) is 0.795. The third-order valence-electron chi connectivity index (χ3n) is 3.08. The van der Waals surface area contributed by atoms with E-state index in [4.69, 9.17) is 0 Å². The highest BCUT2D eigenvalue weighted by molar-refractivity contribution is 5.33. The van der Waals surface area contributed by atoms with Gasteiger partial charge in [0, 0.05) is 18.7 Å². The fourth-order valence-corrected chi connectivity index (χ4v) is 2.13. The predicted octanol–water partition coefficient (Wildman–Crippen LogP) is 2.04. The van der Waals surface area contributed by atoms with E-state index in [-0.39, 0.29) is 6.10 Å². The van der Waals surface area contributed by atoms with Crippen LogP contribution in [-0.4, -0.2) is 22.7 Å². The molecule has 2 atom stereocenters. The van der Waals surface area contributed by atoms with Crippen molar-refractivity contribution in [2.75, 3.05) is 11.9 Å². The number of rotatable bonds is 3. The zero-order valence-corrected chi connectivity index (χ0v) is 8.89. The Balaban J connectivity index is 1.82. The molecule has 3 heteroatoms. The lowest BCUT2D eigenvalue weighted by Crippen LogP contribution is -2.30. The topological polar surface area (TPSA) is 45.1 Å². The van der Waals surface area contributed by atoms with Crippen LogP contribution in [0.4, 0.5) is 5.82 Å². The van der Waals surface area contributed by atoms with Crippen molar-refractivity contribution < 1.29 is 5.11 Å². The monoisotopic (exact) mass is 206 g/mol. The Bertz CT molecular complexity index is 289. The molecule has 2 rings (SSSR count). The molecule has 2 N–H and O–H groups in total. The molecule has 1 aliphatic carbocycles. The predicted molar refractivity (Wildman–Crippen MR) is 60.7 cm³/mol.